The number of hydrogen-bond donors (Lipinski definition) is 3. The van der Waals surface area contributed by atoms with E-state index in [1.165, 1.54) is 11.9 Å². The molecule has 0 saturated carbocycles. The summed E-state index contributed by atoms with van der Waals surface area (Å²) in [7, 11) is 2.94. The van der Waals surface area contributed by atoms with Crippen LogP contribution in [0, 0.1) is 0 Å². The average Bonchev–Trinajstić information content (AvgIpc) is 2.57. The van der Waals surface area contributed by atoms with Gasteiger partial charge in [-0.15, -0.1) is 11.7 Å². The van der Waals surface area contributed by atoms with Gasteiger partial charge < -0.3 is 10.7 Å². The second-order valence-electron chi connectivity index (χ2n) is 5.31. The maximum atomic E-state index is 13.3. The summed E-state index contributed by atoms with van der Waals surface area (Å²) in [6.07, 6.45) is -2.02. The lowest BCUT2D eigenvalue weighted by molar-refractivity contribution is -0.137. The number of nitrogens with zero attached hydrogens (tertiary/aromatic N) is 4. The van der Waals surface area contributed by atoms with Crippen LogP contribution in [0.1, 0.15) is 15.9 Å². The molecule has 1 aromatic carbocycles. The molecule has 0 heterocycles. The van der Waals surface area contributed by atoms with Gasteiger partial charge in [-0.1, -0.05) is 17.7 Å². The molecule has 0 bridgehead atoms. The van der Waals surface area contributed by atoms with Crippen LogP contribution in [-0.2, 0) is 6.18 Å². The molecule has 0 aliphatic heterocycles. The van der Waals surface area contributed by atoms with E-state index >= 15 is 0 Å². The number of hydrogen-bond acceptors (Lipinski definition) is 5. The SMILES string of the molecule is C=CCN(C)C=Nc1c(C(F)(F)F)ccc(C(=O)N/C(=N/N)N(C)N)c1Cl. The molecule has 12 heteroatoms. The van der Waals surface area contributed by atoms with E-state index in [-0.39, 0.29) is 11.5 Å². The van der Waals surface area contributed by atoms with Crippen LogP contribution in [0.4, 0.5) is 18.9 Å². The largest absolute Gasteiger partial charge is 0.418 e. The highest BCUT2D eigenvalue weighted by Gasteiger charge is 2.35. The molecular weight excluding hydrogens is 387 g/mol. The maximum Gasteiger partial charge on any atom is 0.418 e. The molecule has 5 N–H and O–H groups in total. The van der Waals surface area contributed by atoms with Crippen molar-refractivity contribution in [3.05, 3.63) is 40.9 Å². The summed E-state index contributed by atoms with van der Waals surface area (Å²) < 4.78 is 39.8. The van der Waals surface area contributed by atoms with Crippen molar-refractivity contribution in [1.29, 1.82) is 0 Å². The van der Waals surface area contributed by atoms with Crippen molar-refractivity contribution in [2.75, 3.05) is 20.6 Å². The number of nitrogens with two attached hydrogens (primary N) is 2. The van der Waals surface area contributed by atoms with Gasteiger partial charge in [0.2, 0.25) is 5.96 Å². The number of hydrazone groups is 1. The molecule has 1 rings (SSSR count). The average molecular weight is 406 g/mol. The van der Waals surface area contributed by atoms with E-state index in [2.05, 4.69) is 22.0 Å². The predicted molar refractivity (Wildman–Crippen MR) is 98.5 cm³/mol. The van der Waals surface area contributed by atoms with Gasteiger partial charge in [-0.2, -0.15) is 13.2 Å². The van der Waals surface area contributed by atoms with E-state index in [1.807, 2.05) is 0 Å². The number of alkyl halides is 3. The minimum atomic E-state index is -4.72. The molecule has 1 aromatic rings. The van der Waals surface area contributed by atoms with Crippen molar-refractivity contribution in [1.82, 2.24) is 15.2 Å². The van der Waals surface area contributed by atoms with Crippen molar-refractivity contribution in [3.8, 4) is 0 Å². The number of benzene rings is 1. The second-order valence-corrected chi connectivity index (χ2v) is 5.69. The van der Waals surface area contributed by atoms with Gasteiger partial charge in [-0.25, -0.2) is 10.8 Å². The smallest absolute Gasteiger partial charge is 0.362 e. The van der Waals surface area contributed by atoms with Crippen LogP contribution >= 0.6 is 11.6 Å². The number of hydrazine groups is 1. The lowest BCUT2D eigenvalue weighted by Crippen LogP contribution is -2.46. The molecule has 27 heavy (non-hydrogen) atoms. The zero-order valence-corrected chi connectivity index (χ0v) is 15.3. The van der Waals surface area contributed by atoms with Crippen molar-refractivity contribution < 1.29 is 18.0 Å². The Morgan fingerprint density at radius 3 is 2.52 bits per heavy atom. The Labute approximate surface area is 158 Å². The Kier molecular flexibility index (Phi) is 7.61. The summed E-state index contributed by atoms with van der Waals surface area (Å²) in [5.74, 6) is 9.44. The highest BCUT2D eigenvalue weighted by molar-refractivity contribution is 6.36. The Balaban J connectivity index is 3.40. The van der Waals surface area contributed by atoms with E-state index < -0.39 is 28.4 Å². The predicted octanol–water partition coefficient (Wildman–Crippen LogP) is 1.90. The third-order valence-corrected chi connectivity index (χ3v) is 3.53. The molecule has 0 unspecified atom stereocenters. The van der Waals surface area contributed by atoms with Gasteiger partial charge in [0.05, 0.1) is 28.2 Å². The first-order valence-corrected chi connectivity index (χ1v) is 7.73. The molecule has 0 aliphatic carbocycles. The van der Waals surface area contributed by atoms with E-state index in [4.69, 9.17) is 23.3 Å². The van der Waals surface area contributed by atoms with Gasteiger partial charge in [-0.3, -0.25) is 15.1 Å². The molecule has 0 spiro atoms. The highest BCUT2D eigenvalue weighted by Crippen LogP contribution is 2.41. The Bertz CT molecular complexity index is 763. The van der Waals surface area contributed by atoms with Crippen LogP contribution in [0.3, 0.4) is 0 Å². The number of rotatable bonds is 5. The molecule has 0 aliphatic rings. The zero-order chi connectivity index (χ0) is 20.8. The molecule has 0 radical (unpaired) electrons. The lowest BCUT2D eigenvalue weighted by Gasteiger charge is -2.17. The second kappa shape index (κ2) is 9.24. The van der Waals surface area contributed by atoms with Crippen LogP contribution in [0.15, 0.2) is 34.9 Å². The van der Waals surface area contributed by atoms with Crippen LogP contribution in [0.25, 0.3) is 0 Å². The first kappa shape index (κ1) is 22.3. The topological polar surface area (TPSA) is 112 Å². The molecule has 0 aromatic heterocycles. The first-order valence-electron chi connectivity index (χ1n) is 7.35. The van der Waals surface area contributed by atoms with Gasteiger partial charge in [0.1, 0.15) is 0 Å². The molecule has 0 saturated heterocycles. The zero-order valence-electron chi connectivity index (χ0n) is 14.6. The number of amides is 1. The summed E-state index contributed by atoms with van der Waals surface area (Å²) in [4.78, 5) is 17.6. The first-order chi connectivity index (χ1) is 12.5. The normalized spacial score (nSPS) is 12.2. The van der Waals surface area contributed by atoms with E-state index in [9.17, 15) is 18.0 Å². The molecule has 8 nitrogen and oxygen atoms in total. The summed E-state index contributed by atoms with van der Waals surface area (Å²) >= 11 is 6.05. The maximum absolute atomic E-state index is 13.3. The van der Waals surface area contributed by atoms with Crippen LogP contribution in [0.2, 0.25) is 5.02 Å². The van der Waals surface area contributed by atoms with Gasteiger partial charge in [0.25, 0.3) is 5.91 Å². The Hall–Kier alpha value is -2.79. The minimum absolute atomic E-state index is 0.216. The third kappa shape index (κ3) is 5.86. The van der Waals surface area contributed by atoms with Crippen molar-refractivity contribution in [2.24, 2.45) is 21.8 Å². The molecule has 0 atom stereocenters. The van der Waals surface area contributed by atoms with Gasteiger partial charge in [0, 0.05) is 20.6 Å². The Morgan fingerprint density at radius 1 is 1.41 bits per heavy atom. The fourth-order valence-corrected chi connectivity index (χ4v) is 2.18. The van der Waals surface area contributed by atoms with Gasteiger partial charge >= 0.3 is 6.18 Å². The number of likely N-dealkylation sites (N-methyl/N-ethyl adjacent to an activating group) is 1. The van der Waals surface area contributed by atoms with Crippen molar-refractivity contribution in [3.63, 3.8) is 0 Å². The van der Waals surface area contributed by atoms with Crippen molar-refractivity contribution >= 4 is 35.5 Å². The van der Waals surface area contributed by atoms with E-state index in [1.54, 1.807) is 13.1 Å². The van der Waals surface area contributed by atoms with E-state index in [0.29, 0.717) is 12.6 Å². The Morgan fingerprint density at radius 2 is 2.04 bits per heavy atom. The number of carbonyl (C=O) groups is 1. The fraction of sp³-hybridized carbons (Fsp3) is 0.267. The summed E-state index contributed by atoms with van der Waals surface area (Å²) in [6.45, 7) is 3.87. The highest BCUT2D eigenvalue weighted by atomic mass is 35.5. The number of carbonyl (C=O) groups excluding carboxylic acids is 1. The standard InChI is InChI=1S/C15H19ClF3N7O/c1-4-7-25(2)8-22-12-10(15(17,18)19)6-5-9(11(12)16)13(27)23-14(24-20)26(3)21/h4-6,8H,1,7,20-21H2,2-3H3,(H,23,24,27). The summed E-state index contributed by atoms with van der Waals surface area (Å²) in [5.41, 5.74) is -1.94. The number of aliphatic imine (C=N–C) groups is 1. The number of nitrogens with one attached hydrogen (secondary N) is 1. The monoisotopic (exact) mass is 405 g/mol. The number of halogens is 4. The molecule has 0 fully saturated rings. The van der Waals surface area contributed by atoms with Gasteiger partial charge in [-0.05, 0) is 12.1 Å². The van der Waals surface area contributed by atoms with Crippen LogP contribution in [0.5, 0.6) is 0 Å². The summed E-state index contributed by atoms with van der Waals surface area (Å²) in [5, 5.41) is 5.93. The fourth-order valence-electron chi connectivity index (χ4n) is 1.88. The quantitative estimate of drug-likeness (QED) is 0.228. The molecule has 1 amide bonds. The van der Waals surface area contributed by atoms with Crippen molar-refractivity contribution in [2.45, 2.75) is 6.18 Å². The minimum Gasteiger partial charge on any atom is -0.362 e. The van der Waals surface area contributed by atoms with Crippen LogP contribution in [-0.4, -0.2) is 48.8 Å². The van der Waals surface area contributed by atoms with E-state index in [0.717, 1.165) is 17.4 Å². The van der Waals surface area contributed by atoms with Crippen LogP contribution < -0.4 is 17.0 Å². The molecular formula is C15H19ClF3N7O. The van der Waals surface area contributed by atoms with Gasteiger partial charge in [0.15, 0.2) is 0 Å². The third-order valence-electron chi connectivity index (χ3n) is 3.15. The lowest BCUT2D eigenvalue weighted by atomic mass is 10.1. The molecule has 148 valence electrons. The number of guanidine groups is 1. The summed E-state index contributed by atoms with van der Waals surface area (Å²) in [6, 6.07) is 1.64.